The van der Waals surface area contributed by atoms with Crippen molar-refractivity contribution in [1.82, 2.24) is 5.32 Å². The van der Waals surface area contributed by atoms with Crippen molar-refractivity contribution in [3.8, 4) is 0 Å². The second-order valence-corrected chi connectivity index (χ2v) is 3.92. The number of alkyl halides is 2. The molecule has 98 valence electrons. The van der Waals surface area contributed by atoms with Crippen LogP contribution in [0.4, 0.5) is 8.78 Å². The van der Waals surface area contributed by atoms with E-state index in [1.54, 1.807) is 0 Å². The van der Waals surface area contributed by atoms with Crippen molar-refractivity contribution in [3.05, 3.63) is 34.9 Å². The van der Waals surface area contributed by atoms with E-state index < -0.39 is 29.8 Å². The molecule has 0 radical (unpaired) electrons. The Labute approximate surface area is 107 Å². The fraction of sp³-hybridized carbons (Fsp3) is 0.273. The first-order chi connectivity index (χ1) is 8.34. The minimum atomic E-state index is -3.75. The zero-order valence-electron chi connectivity index (χ0n) is 9.12. The van der Waals surface area contributed by atoms with Crippen LogP contribution in [0.25, 0.3) is 0 Å². The predicted octanol–water partition coefficient (Wildman–Crippen LogP) is 2.02. The van der Waals surface area contributed by atoms with E-state index >= 15 is 0 Å². The van der Waals surface area contributed by atoms with Gasteiger partial charge in [-0.25, -0.2) is 0 Å². The predicted molar refractivity (Wildman–Crippen MR) is 60.6 cm³/mol. The van der Waals surface area contributed by atoms with Crippen LogP contribution in [0, 0.1) is 0 Å². The van der Waals surface area contributed by atoms with Crippen LogP contribution in [-0.2, 0) is 15.5 Å². The average molecular weight is 278 g/mol. The molecule has 1 amide bonds. The first kappa shape index (κ1) is 14.4. The van der Waals surface area contributed by atoms with Crippen LogP contribution < -0.4 is 5.32 Å². The van der Waals surface area contributed by atoms with E-state index in [1.165, 1.54) is 12.1 Å². The first-order valence-electron chi connectivity index (χ1n) is 4.98. The summed E-state index contributed by atoms with van der Waals surface area (Å²) in [6.45, 7) is -0.357. The smallest absolute Gasteiger partial charge is 0.349 e. The van der Waals surface area contributed by atoms with Gasteiger partial charge in [0.15, 0.2) is 0 Å². The summed E-state index contributed by atoms with van der Waals surface area (Å²) in [6, 6.07) is 4.76. The maximum atomic E-state index is 13.6. The van der Waals surface area contributed by atoms with E-state index in [0.29, 0.717) is 0 Å². The van der Waals surface area contributed by atoms with Gasteiger partial charge in [0.25, 0.3) is 5.91 Å². The fourth-order valence-electron chi connectivity index (χ4n) is 1.21. The van der Waals surface area contributed by atoms with Crippen molar-refractivity contribution in [2.24, 2.45) is 0 Å². The highest BCUT2D eigenvalue weighted by atomic mass is 35.5. The molecule has 0 saturated heterocycles. The molecular weight excluding hydrogens is 268 g/mol. The molecule has 7 heteroatoms. The lowest BCUT2D eigenvalue weighted by molar-refractivity contribution is -0.147. The van der Waals surface area contributed by atoms with Crippen molar-refractivity contribution in [1.29, 1.82) is 0 Å². The third-order valence-electron chi connectivity index (χ3n) is 2.10. The molecule has 0 bridgehead atoms. The molecule has 0 atom stereocenters. The van der Waals surface area contributed by atoms with Crippen LogP contribution in [0.3, 0.4) is 0 Å². The number of hydrogen-bond donors (Lipinski definition) is 2. The molecule has 1 aromatic rings. The number of nitrogens with one attached hydrogen (secondary N) is 1. The zero-order valence-corrected chi connectivity index (χ0v) is 9.88. The summed E-state index contributed by atoms with van der Waals surface area (Å²) in [5, 5.41) is 10.3. The largest absolute Gasteiger partial charge is 0.481 e. The van der Waals surface area contributed by atoms with Crippen molar-refractivity contribution < 1.29 is 23.5 Å². The maximum absolute atomic E-state index is 13.6. The number of amides is 1. The molecule has 0 heterocycles. The number of carbonyl (C=O) groups is 2. The van der Waals surface area contributed by atoms with E-state index in [0.717, 1.165) is 12.1 Å². The van der Waals surface area contributed by atoms with E-state index in [1.807, 2.05) is 5.32 Å². The summed E-state index contributed by atoms with van der Waals surface area (Å²) in [5.74, 6) is -6.48. The Hall–Kier alpha value is -1.69. The molecule has 4 nitrogen and oxygen atoms in total. The molecule has 0 spiro atoms. The van der Waals surface area contributed by atoms with Crippen LogP contribution in [0.2, 0.25) is 5.02 Å². The fourth-order valence-corrected chi connectivity index (χ4v) is 1.40. The number of carbonyl (C=O) groups excluding carboxylic acids is 1. The van der Waals surface area contributed by atoms with E-state index in [2.05, 4.69) is 0 Å². The summed E-state index contributed by atoms with van der Waals surface area (Å²) >= 11 is 5.56. The van der Waals surface area contributed by atoms with Crippen molar-refractivity contribution in [3.63, 3.8) is 0 Å². The van der Waals surface area contributed by atoms with Crippen LogP contribution in [0.15, 0.2) is 24.3 Å². The van der Waals surface area contributed by atoms with Crippen LogP contribution in [0.5, 0.6) is 0 Å². The van der Waals surface area contributed by atoms with Gasteiger partial charge in [-0.15, -0.1) is 0 Å². The zero-order chi connectivity index (χ0) is 13.8. The molecule has 0 saturated carbocycles. The number of carboxylic acid groups (broad SMARTS) is 1. The van der Waals surface area contributed by atoms with E-state index in [4.69, 9.17) is 16.7 Å². The minimum absolute atomic E-state index is 0.0884. The number of halogens is 3. The highest BCUT2D eigenvalue weighted by Crippen LogP contribution is 2.29. The normalized spacial score (nSPS) is 11.1. The monoisotopic (exact) mass is 277 g/mol. The molecule has 1 aromatic carbocycles. The van der Waals surface area contributed by atoms with Gasteiger partial charge in [-0.1, -0.05) is 23.7 Å². The van der Waals surface area contributed by atoms with Crippen molar-refractivity contribution >= 4 is 23.5 Å². The summed E-state index contributed by atoms with van der Waals surface area (Å²) in [4.78, 5) is 21.4. The number of benzene rings is 1. The molecule has 0 aliphatic rings. The lowest BCUT2D eigenvalue weighted by Crippen LogP contribution is -2.39. The van der Waals surface area contributed by atoms with Gasteiger partial charge in [-0.05, 0) is 12.1 Å². The average Bonchev–Trinajstić information content (AvgIpc) is 2.28. The highest BCUT2D eigenvalue weighted by Gasteiger charge is 2.40. The number of aliphatic carboxylic acids is 1. The number of rotatable bonds is 5. The van der Waals surface area contributed by atoms with E-state index in [9.17, 15) is 18.4 Å². The molecule has 18 heavy (non-hydrogen) atoms. The molecular formula is C11H10ClF2NO3. The molecule has 0 fully saturated rings. The third-order valence-corrected chi connectivity index (χ3v) is 2.33. The van der Waals surface area contributed by atoms with Gasteiger partial charge in [0.2, 0.25) is 0 Å². The molecule has 2 N–H and O–H groups in total. The molecule has 0 aliphatic carbocycles. The van der Waals surface area contributed by atoms with Gasteiger partial charge < -0.3 is 10.4 Å². The van der Waals surface area contributed by atoms with Crippen LogP contribution >= 0.6 is 11.6 Å². The minimum Gasteiger partial charge on any atom is -0.481 e. The molecule has 1 rings (SSSR count). The lowest BCUT2D eigenvalue weighted by Gasteiger charge is -2.16. The van der Waals surface area contributed by atoms with Crippen LogP contribution in [-0.4, -0.2) is 23.5 Å². The highest BCUT2D eigenvalue weighted by molar-refractivity contribution is 6.30. The Bertz CT molecular complexity index is 465. The summed E-state index contributed by atoms with van der Waals surface area (Å²) in [5.41, 5.74) is -0.539. The summed E-state index contributed by atoms with van der Waals surface area (Å²) < 4.78 is 27.3. The first-order valence-corrected chi connectivity index (χ1v) is 5.36. The van der Waals surface area contributed by atoms with Gasteiger partial charge in [0.05, 0.1) is 6.42 Å². The van der Waals surface area contributed by atoms with Gasteiger partial charge in [-0.3, -0.25) is 9.59 Å². The van der Waals surface area contributed by atoms with Crippen LogP contribution in [0.1, 0.15) is 12.0 Å². The van der Waals surface area contributed by atoms with Gasteiger partial charge >= 0.3 is 11.9 Å². The lowest BCUT2D eigenvalue weighted by atomic mass is 10.1. The maximum Gasteiger partial charge on any atom is 0.349 e. The Morgan fingerprint density at radius 3 is 2.61 bits per heavy atom. The number of carboxylic acids is 1. The second kappa shape index (κ2) is 5.77. The van der Waals surface area contributed by atoms with E-state index in [-0.39, 0.29) is 11.6 Å². The van der Waals surface area contributed by atoms with Gasteiger partial charge in [-0.2, -0.15) is 8.78 Å². The quantitative estimate of drug-likeness (QED) is 0.865. The van der Waals surface area contributed by atoms with Crippen molar-refractivity contribution in [2.45, 2.75) is 12.3 Å². The second-order valence-electron chi connectivity index (χ2n) is 3.48. The summed E-state index contributed by atoms with van der Waals surface area (Å²) in [6.07, 6.45) is -0.419. The summed E-state index contributed by atoms with van der Waals surface area (Å²) in [7, 11) is 0. The third kappa shape index (κ3) is 3.66. The number of hydrogen-bond acceptors (Lipinski definition) is 2. The molecule has 0 aliphatic heterocycles. The Balaban J connectivity index is 2.73. The van der Waals surface area contributed by atoms with Crippen molar-refractivity contribution in [2.75, 3.05) is 6.54 Å². The Morgan fingerprint density at radius 1 is 1.39 bits per heavy atom. The van der Waals surface area contributed by atoms with Gasteiger partial charge in [0, 0.05) is 17.1 Å². The standard InChI is InChI=1S/C11H10ClF2NO3/c12-8-3-1-2-7(6-8)11(13,14)10(18)15-5-4-9(16)17/h1-3,6H,4-5H2,(H,15,18)(H,16,17). The SMILES string of the molecule is O=C(O)CCNC(=O)C(F)(F)c1cccc(Cl)c1. The Kier molecular flexibility index (Phi) is 4.61. The Morgan fingerprint density at radius 2 is 2.06 bits per heavy atom. The van der Waals surface area contributed by atoms with Gasteiger partial charge in [0.1, 0.15) is 0 Å². The molecule has 0 unspecified atom stereocenters. The topological polar surface area (TPSA) is 66.4 Å². The molecule has 0 aromatic heterocycles.